The van der Waals surface area contributed by atoms with E-state index in [1.807, 2.05) is 13.8 Å². The summed E-state index contributed by atoms with van der Waals surface area (Å²) in [5, 5.41) is 5.21. The van der Waals surface area contributed by atoms with Crippen molar-refractivity contribution in [3.8, 4) is 5.75 Å². The number of ether oxygens (including phenoxy) is 1. The monoisotopic (exact) mass is 449 g/mol. The van der Waals surface area contributed by atoms with E-state index in [0.29, 0.717) is 12.0 Å². The van der Waals surface area contributed by atoms with Crippen molar-refractivity contribution in [3.05, 3.63) is 60.2 Å². The van der Waals surface area contributed by atoms with Crippen LogP contribution in [0.4, 0.5) is 23.7 Å². The standard InChI is InChI=1S/C22H22F3N3O4/c1-14(2)12-21(15-6-4-3-5-7-15)19(30)28(20(31)27-21)13-18(29)26-16-8-10-17(11-9-16)32-22(23,24)25/h3-11,14H,12-13H2,1-2H3,(H,26,29)(H,27,31). The first kappa shape index (κ1) is 23.1. The Morgan fingerprint density at radius 3 is 2.28 bits per heavy atom. The zero-order valence-corrected chi connectivity index (χ0v) is 17.4. The lowest BCUT2D eigenvalue weighted by Crippen LogP contribution is -2.45. The van der Waals surface area contributed by atoms with E-state index in [1.54, 1.807) is 30.3 Å². The molecule has 0 saturated carbocycles. The lowest BCUT2D eigenvalue weighted by molar-refractivity contribution is -0.274. The first-order chi connectivity index (χ1) is 15.0. The van der Waals surface area contributed by atoms with Gasteiger partial charge >= 0.3 is 12.4 Å². The fraction of sp³-hybridized carbons (Fsp3) is 0.318. The molecule has 2 aromatic rings. The number of nitrogens with one attached hydrogen (secondary N) is 2. The summed E-state index contributed by atoms with van der Waals surface area (Å²) in [6.45, 7) is 3.30. The number of anilines is 1. The van der Waals surface area contributed by atoms with Gasteiger partial charge in [0.1, 0.15) is 17.8 Å². The number of carbonyl (C=O) groups is 3. The van der Waals surface area contributed by atoms with Crippen LogP contribution in [0.2, 0.25) is 0 Å². The van der Waals surface area contributed by atoms with Crippen molar-refractivity contribution in [2.24, 2.45) is 5.92 Å². The molecule has 2 aromatic carbocycles. The Morgan fingerprint density at radius 1 is 1.09 bits per heavy atom. The zero-order valence-electron chi connectivity index (χ0n) is 17.4. The lowest BCUT2D eigenvalue weighted by Gasteiger charge is -2.29. The van der Waals surface area contributed by atoms with Gasteiger partial charge in [0.05, 0.1) is 0 Å². The number of nitrogens with zero attached hydrogens (tertiary/aromatic N) is 1. The van der Waals surface area contributed by atoms with Crippen LogP contribution in [0.5, 0.6) is 5.75 Å². The number of hydrogen-bond donors (Lipinski definition) is 2. The van der Waals surface area contributed by atoms with Gasteiger partial charge in [-0.1, -0.05) is 44.2 Å². The summed E-state index contributed by atoms with van der Waals surface area (Å²) in [6, 6.07) is 12.6. The fourth-order valence-corrected chi connectivity index (χ4v) is 3.64. The Labute approximate surface area is 182 Å². The zero-order chi connectivity index (χ0) is 23.5. The lowest BCUT2D eigenvalue weighted by atomic mass is 9.82. The largest absolute Gasteiger partial charge is 0.573 e. The molecule has 0 aromatic heterocycles. The topological polar surface area (TPSA) is 87.7 Å². The van der Waals surface area contributed by atoms with Crippen LogP contribution in [0.25, 0.3) is 0 Å². The number of benzene rings is 2. The molecule has 1 atom stereocenters. The second-order valence-corrected chi connectivity index (χ2v) is 7.81. The molecule has 10 heteroatoms. The van der Waals surface area contributed by atoms with Crippen molar-refractivity contribution in [2.45, 2.75) is 32.2 Å². The van der Waals surface area contributed by atoms with Gasteiger partial charge in [-0.15, -0.1) is 13.2 Å². The van der Waals surface area contributed by atoms with Crippen LogP contribution in [0.3, 0.4) is 0 Å². The molecule has 3 rings (SSSR count). The highest BCUT2D eigenvalue weighted by Gasteiger charge is 2.52. The van der Waals surface area contributed by atoms with Crippen LogP contribution in [0.15, 0.2) is 54.6 Å². The minimum Gasteiger partial charge on any atom is -0.406 e. The molecule has 0 aliphatic carbocycles. The highest BCUT2D eigenvalue weighted by atomic mass is 19.4. The van der Waals surface area contributed by atoms with Crippen LogP contribution in [0, 0.1) is 5.92 Å². The van der Waals surface area contributed by atoms with E-state index in [1.165, 1.54) is 12.1 Å². The van der Waals surface area contributed by atoms with Crippen molar-refractivity contribution in [1.29, 1.82) is 0 Å². The number of urea groups is 1. The molecule has 7 nitrogen and oxygen atoms in total. The number of imide groups is 1. The highest BCUT2D eigenvalue weighted by Crippen LogP contribution is 2.35. The van der Waals surface area contributed by atoms with Gasteiger partial charge in [0.15, 0.2) is 0 Å². The maximum atomic E-state index is 13.3. The molecule has 1 heterocycles. The Balaban J connectivity index is 1.72. The number of alkyl halides is 3. The molecule has 0 bridgehead atoms. The smallest absolute Gasteiger partial charge is 0.406 e. The number of carbonyl (C=O) groups excluding carboxylic acids is 3. The van der Waals surface area contributed by atoms with Crippen LogP contribution >= 0.6 is 0 Å². The summed E-state index contributed by atoms with van der Waals surface area (Å²) in [4.78, 5) is 39.2. The molecule has 0 radical (unpaired) electrons. The van der Waals surface area contributed by atoms with E-state index >= 15 is 0 Å². The first-order valence-electron chi connectivity index (χ1n) is 9.85. The minimum atomic E-state index is -4.82. The van der Waals surface area contributed by atoms with Crippen molar-refractivity contribution >= 4 is 23.5 Å². The first-order valence-corrected chi connectivity index (χ1v) is 9.85. The molecule has 4 amide bonds. The third-order valence-corrected chi connectivity index (χ3v) is 4.83. The molecular formula is C22H22F3N3O4. The summed E-state index contributed by atoms with van der Waals surface area (Å²) >= 11 is 0. The second kappa shape index (κ2) is 8.89. The fourth-order valence-electron chi connectivity index (χ4n) is 3.64. The van der Waals surface area contributed by atoms with E-state index in [4.69, 9.17) is 0 Å². The molecule has 1 aliphatic heterocycles. The molecule has 1 fully saturated rings. The van der Waals surface area contributed by atoms with Crippen molar-refractivity contribution in [3.63, 3.8) is 0 Å². The minimum absolute atomic E-state index is 0.0747. The molecule has 170 valence electrons. The van der Waals surface area contributed by atoms with Crippen LogP contribution in [-0.2, 0) is 15.1 Å². The third-order valence-electron chi connectivity index (χ3n) is 4.83. The summed E-state index contributed by atoms with van der Waals surface area (Å²) in [6.07, 6.45) is -4.48. The summed E-state index contributed by atoms with van der Waals surface area (Å²) < 4.78 is 40.5. The van der Waals surface area contributed by atoms with E-state index in [2.05, 4.69) is 15.4 Å². The molecule has 1 unspecified atom stereocenters. The van der Waals surface area contributed by atoms with Gasteiger partial charge in [0, 0.05) is 5.69 Å². The Bertz CT molecular complexity index is 994. The van der Waals surface area contributed by atoms with E-state index < -0.39 is 42.0 Å². The average Bonchev–Trinajstić information content (AvgIpc) is 2.93. The van der Waals surface area contributed by atoms with Gasteiger partial charge in [0.2, 0.25) is 5.91 Å². The van der Waals surface area contributed by atoms with Gasteiger partial charge in [-0.2, -0.15) is 0 Å². The van der Waals surface area contributed by atoms with Gasteiger partial charge < -0.3 is 15.4 Å². The molecule has 1 aliphatic rings. The molecular weight excluding hydrogens is 427 g/mol. The summed E-state index contributed by atoms with van der Waals surface area (Å²) in [5.74, 6) is -1.57. The SMILES string of the molecule is CC(C)CC1(c2ccccc2)NC(=O)N(CC(=O)Nc2ccc(OC(F)(F)F)cc2)C1=O. The average molecular weight is 449 g/mol. The van der Waals surface area contributed by atoms with Crippen LogP contribution in [0.1, 0.15) is 25.8 Å². The molecule has 0 spiro atoms. The Hall–Kier alpha value is -3.56. The Kier molecular flexibility index (Phi) is 6.42. The quantitative estimate of drug-likeness (QED) is 0.625. The van der Waals surface area contributed by atoms with Crippen LogP contribution < -0.4 is 15.4 Å². The molecule has 32 heavy (non-hydrogen) atoms. The number of halogens is 3. The number of rotatable bonds is 7. The van der Waals surface area contributed by atoms with E-state index in [0.717, 1.165) is 17.0 Å². The molecule has 2 N–H and O–H groups in total. The maximum absolute atomic E-state index is 13.3. The Morgan fingerprint density at radius 2 is 1.72 bits per heavy atom. The van der Waals surface area contributed by atoms with E-state index in [-0.39, 0.29) is 11.6 Å². The molecule has 1 saturated heterocycles. The predicted octanol–water partition coefficient (Wildman–Crippen LogP) is 4.02. The van der Waals surface area contributed by atoms with Gasteiger partial charge in [-0.3, -0.25) is 14.5 Å². The van der Waals surface area contributed by atoms with Gasteiger partial charge in [-0.05, 0) is 42.2 Å². The second-order valence-electron chi connectivity index (χ2n) is 7.81. The van der Waals surface area contributed by atoms with Gasteiger partial charge in [0.25, 0.3) is 5.91 Å². The van der Waals surface area contributed by atoms with Gasteiger partial charge in [-0.25, -0.2) is 4.79 Å². The van der Waals surface area contributed by atoms with Crippen molar-refractivity contribution in [1.82, 2.24) is 10.2 Å². The van der Waals surface area contributed by atoms with Crippen LogP contribution in [-0.4, -0.2) is 35.7 Å². The third kappa shape index (κ3) is 5.19. The number of hydrogen-bond acceptors (Lipinski definition) is 4. The van der Waals surface area contributed by atoms with Crippen molar-refractivity contribution in [2.75, 3.05) is 11.9 Å². The summed E-state index contributed by atoms with van der Waals surface area (Å²) in [5.41, 5.74) is -0.466. The van der Waals surface area contributed by atoms with Crippen molar-refractivity contribution < 1.29 is 32.3 Å². The maximum Gasteiger partial charge on any atom is 0.573 e. The number of amides is 4. The highest BCUT2D eigenvalue weighted by molar-refractivity contribution is 6.10. The summed E-state index contributed by atoms with van der Waals surface area (Å²) in [7, 11) is 0. The normalized spacial score (nSPS) is 18.6. The van der Waals surface area contributed by atoms with E-state index in [9.17, 15) is 27.6 Å². The predicted molar refractivity (Wildman–Crippen MR) is 110 cm³/mol.